The molecule has 7 nitrogen and oxygen atoms in total. The molecule has 1 atom stereocenters. The van der Waals surface area contributed by atoms with Crippen LogP contribution in [0.25, 0.3) is 10.9 Å². The number of hydrogen-bond acceptors (Lipinski definition) is 4. The van der Waals surface area contributed by atoms with Crippen LogP contribution in [0.2, 0.25) is 5.02 Å². The molecule has 0 unspecified atom stereocenters. The highest BCUT2D eigenvalue weighted by atomic mass is 35.5. The smallest absolute Gasteiger partial charge is 0.407 e. The average Bonchev–Trinajstić information content (AvgIpc) is 3.54. The van der Waals surface area contributed by atoms with E-state index in [4.69, 9.17) is 16.3 Å². The van der Waals surface area contributed by atoms with Gasteiger partial charge in [-0.3, -0.25) is 9.59 Å². The minimum atomic E-state index is -0.835. The van der Waals surface area contributed by atoms with E-state index in [0.29, 0.717) is 17.9 Å². The zero-order valence-corrected chi connectivity index (χ0v) is 19.4. The number of halogens is 2. The van der Waals surface area contributed by atoms with Crippen LogP contribution in [0.5, 0.6) is 5.75 Å². The van der Waals surface area contributed by atoms with Crippen molar-refractivity contribution in [1.29, 1.82) is 0 Å². The molecular weight excluding hydrogens is 461 g/mol. The summed E-state index contributed by atoms with van der Waals surface area (Å²) in [7, 11) is 0. The predicted octanol–water partition coefficient (Wildman–Crippen LogP) is 4.71. The molecular formula is C25H25ClFN3O4. The van der Waals surface area contributed by atoms with Crippen molar-refractivity contribution in [2.45, 2.75) is 38.8 Å². The number of Topliss-reactive ketones (excluding diaryl/α,β-unsaturated/α-hetero) is 1. The number of aromatic nitrogens is 1. The minimum Gasteiger partial charge on any atom is -0.407 e. The van der Waals surface area contributed by atoms with Gasteiger partial charge in [-0.05, 0) is 37.5 Å². The van der Waals surface area contributed by atoms with Crippen LogP contribution in [0.3, 0.4) is 0 Å². The van der Waals surface area contributed by atoms with Crippen molar-refractivity contribution in [3.63, 3.8) is 0 Å². The van der Waals surface area contributed by atoms with Gasteiger partial charge in [0.05, 0.1) is 5.02 Å². The summed E-state index contributed by atoms with van der Waals surface area (Å²) in [5.74, 6) is -0.900. The first-order chi connectivity index (χ1) is 16.3. The molecule has 1 heterocycles. The summed E-state index contributed by atoms with van der Waals surface area (Å²) in [5.41, 5.74) is 1.36. The molecule has 0 saturated heterocycles. The number of nitrogens with zero attached hydrogens (tertiary/aromatic N) is 1. The summed E-state index contributed by atoms with van der Waals surface area (Å²) in [6, 6.07) is 11.3. The number of rotatable bonds is 9. The lowest BCUT2D eigenvalue weighted by Gasteiger charge is -2.19. The summed E-state index contributed by atoms with van der Waals surface area (Å²) < 4.78 is 20.7. The Bertz CT molecular complexity index is 1240. The van der Waals surface area contributed by atoms with Gasteiger partial charge in [-0.1, -0.05) is 48.7 Å². The number of amides is 2. The zero-order chi connectivity index (χ0) is 24.2. The van der Waals surface area contributed by atoms with Gasteiger partial charge in [-0.2, -0.15) is 0 Å². The number of fused-ring (bicyclic) bond motifs is 1. The molecule has 178 valence electrons. The number of benzene rings is 2. The SMILES string of the molecule is CC(=O)c1cn(CC(=O)N[C@H](CNC(=O)Oc2cccc(Cl)c2F)CC2CC2)c2ccccc12. The maximum Gasteiger partial charge on any atom is 0.412 e. The second kappa shape index (κ2) is 10.3. The Kier molecular flexibility index (Phi) is 7.17. The molecule has 0 bridgehead atoms. The molecule has 0 spiro atoms. The number of carbonyl (C=O) groups is 3. The fourth-order valence-corrected chi connectivity index (χ4v) is 4.11. The third kappa shape index (κ3) is 5.75. The third-order valence-corrected chi connectivity index (χ3v) is 6.07. The van der Waals surface area contributed by atoms with E-state index in [1.54, 1.807) is 10.8 Å². The Balaban J connectivity index is 1.38. The van der Waals surface area contributed by atoms with Crippen molar-refractivity contribution in [2.75, 3.05) is 6.54 Å². The Morgan fingerprint density at radius 1 is 1.18 bits per heavy atom. The van der Waals surface area contributed by atoms with Crippen LogP contribution >= 0.6 is 11.6 Å². The lowest BCUT2D eigenvalue weighted by Crippen LogP contribution is -2.45. The van der Waals surface area contributed by atoms with E-state index in [1.807, 2.05) is 24.3 Å². The normalized spacial score (nSPS) is 14.0. The molecule has 1 aliphatic carbocycles. The number of ether oxygens (including phenoxy) is 1. The first kappa shape index (κ1) is 23.8. The van der Waals surface area contributed by atoms with E-state index < -0.39 is 11.9 Å². The molecule has 2 N–H and O–H groups in total. The molecule has 3 aromatic rings. The molecule has 34 heavy (non-hydrogen) atoms. The Morgan fingerprint density at radius 2 is 1.94 bits per heavy atom. The summed E-state index contributed by atoms with van der Waals surface area (Å²) in [6.45, 7) is 1.67. The number of ketones is 1. The highest BCUT2D eigenvalue weighted by Gasteiger charge is 2.27. The molecule has 1 aromatic heterocycles. The van der Waals surface area contributed by atoms with Crippen molar-refractivity contribution in [2.24, 2.45) is 5.92 Å². The highest BCUT2D eigenvalue weighted by molar-refractivity contribution is 6.30. The van der Waals surface area contributed by atoms with Crippen molar-refractivity contribution >= 4 is 40.3 Å². The van der Waals surface area contributed by atoms with E-state index >= 15 is 0 Å². The number of nitrogens with one attached hydrogen (secondary N) is 2. The number of hydrogen-bond donors (Lipinski definition) is 2. The van der Waals surface area contributed by atoms with Gasteiger partial charge < -0.3 is 19.9 Å². The van der Waals surface area contributed by atoms with Gasteiger partial charge in [0, 0.05) is 35.2 Å². The predicted molar refractivity (Wildman–Crippen MR) is 127 cm³/mol. The fraction of sp³-hybridized carbons (Fsp3) is 0.320. The van der Waals surface area contributed by atoms with Crippen molar-refractivity contribution < 1.29 is 23.5 Å². The van der Waals surface area contributed by atoms with Gasteiger partial charge in [-0.15, -0.1) is 0 Å². The van der Waals surface area contributed by atoms with Crippen LogP contribution < -0.4 is 15.4 Å². The molecule has 2 amide bonds. The van der Waals surface area contributed by atoms with Gasteiger partial charge in [0.2, 0.25) is 5.91 Å². The molecule has 0 radical (unpaired) electrons. The molecule has 1 saturated carbocycles. The van der Waals surface area contributed by atoms with Crippen molar-refractivity contribution in [1.82, 2.24) is 15.2 Å². The van der Waals surface area contributed by atoms with Crippen LogP contribution in [0.1, 0.15) is 36.5 Å². The Hall–Kier alpha value is -3.39. The quantitative estimate of drug-likeness (QED) is 0.429. The van der Waals surface area contributed by atoms with Crippen molar-refractivity contribution in [3.8, 4) is 5.75 Å². The van der Waals surface area contributed by atoms with Crippen LogP contribution in [0.4, 0.5) is 9.18 Å². The molecule has 1 aliphatic rings. The second-order valence-electron chi connectivity index (χ2n) is 8.51. The second-order valence-corrected chi connectivity index (χ2v) is 8.92. The maximum absolute atomic E-state index is 14.0. The number of para-hydroxylation sites is 1. The van der Waals surface area contributed by atoms with Crippen molar-refractivity contribution in [3.05, 3.63) is 65.1 Å². The maximum atomic E-state index is 14.0. The number of carbonyl (C=O) groups excluding carboxylic acids is 3. The molecule has 4 rings (SSSR count). The summed E-state index contributed by atoms with van der Waals surface area (Å²) >= 11 is 5.71. The summed E-state index contributed by atoms with van der Waals surface area (Å²) in [5, 5.41) is 6.22. The van der Waals surface area contributed by atoms with Gasteiger partial charge in [0.1, 0.15) is 6.54 Å². The Labute approximate surface area is 201 Å². The van der Waals surface area contributed by atoms with E-state index in [9.17, 15) is 18.8 Å². The minimum absolute atomic E-state index is 0.0349. The molecule has 0 aliphatic heterocycles. The monoisotopic (exact) mass is 485 g/mol. The van der Waals surface area contributed by atoms with Crippen LogP contribution in [-0.4, -0.2) is 34.9 Å². The molecule has 9 heteroatoms. The largest absolute Gasteiger partial charge is 0.412 e. The van der Waals surface area contributed by atoms with Crippen LogP contribution in [-0.2, 0) is 11.3 Å². The summed E-state index contributed by atoms with van der Waals surface area (Å²) in [6.07, 6.45) is 3.72. The molecule has 2 aromatic carbocycles. The van der Waals surface area contributed by atoms with Gasteiger partial charge in [0.15, 0.2) is 17.3 Å². The zero-order valence-electron chi connectivity index (χ0n) is 18.6. The Morgan fingerprint density at radius 3 is 2.68 bits per heavy atom. The topological polar surface area (TPSA) is 89.4 Å². The van der Waals surface area contributed by atoms with Gasteiger partial charge in [-0.25, -0.2) is 9.18 Å². The van der Waals surface area contributed by atoms with Crippen LogP contribution in [0.15, 0.2) is 48.7 Å². The lowest BCUT2D eigenvalue weighted by molar-refractivity contribution is -0.122. The van der Waals surface area contributed by atoms with Crippen LogP contribution in [0, 0.1) is 11.7 Å². The standard InChI is InChI=1S/C25H25ClFN3O4/c1-15(31)19-13-30(21-7-3-2-5-18(19)21)14-23(32)29-17(11-16-9-10-16)12-28-25(33)34-22-8-4-6-20(26)24(22)27/h2-8,13,16-17H,9-12,14H2,1H3,(H,28,33)(H,29,32)/t17-/m0/s1. The van der Waals surface area contributed by atoms with E-state index in [2.05, 4.69) is 10.6 Å². The third-order valence-electron chi connectivity index (χ3n) is 5.77. The fourth-order valence-electron chi connectivity index (χ4n) is 3.94. The van der Waals surface area contributed by atoms with E-state index in [1.165, 1.54) is 25.1 Å². The van der Waals surface area contributed by atoms with Gasteiger partial charge in [0.25, 0.3) is 0 Å². The first-order valence-corrected chi connectivity index (χ1v) is 11.5. The first-order valence-electron chi connectivity index (χ1n) is 11.1. The highest BCUT2D eigenvalue weighted by Crippen LogP contribution is 2.33. The average molecular weight is 486 g/mol. The summed E-state index contributed by atoms with van der Waals surface area (Å²) in [4.78, 5) is 37.0. The molecule has 1 fully saturated rings. The van der Waals surface area contributed by atoms with E-state index in [-0.39, 0.29) is 41.6 Å². The van der Waals surface area contributed by atoms with E-state index in [0.717, 1.165) is 23.7 Å². The lowest BCUT2D eigenvalue weighted by atomic mass is 10.1. The van der Waals surface area contributed by atoms with Gasteiger partial charge >= 0.3 is 6.09 Å².